The zero-order valence-electron chi connectivity index (χ0n) is 9.44. The van der Waals surface area contributed by atoms with Crippen LogP contribution in [0.4, 0.5) is 0 Å². The molecule has 0 radical (unpaired) electrons. The van der Waals surface area contributed by atoms with Crippen molar-refractivity contribution in [2.75, 3.05) is 0 Å². The van der Waals surface area contributed by atoms with E-state index in [1.54, 1.807) is 0 Å². The number of hydrogen-bond donors (Lipinski definition) is 0. The minimum absolute atomic E-state index is 0. The van der Waals surface area contributed by atoms with Gasteiger partial charge in [-0.2, -0.15) is 9.79 Å². The Morgan fingerprint density at radius 3 is 1.00 bits per heavy atom. The minimum atomic E-state index is 0. The average Bonchev–Trinajstić information content (AvgIpc) is 2.21. The molecule has 0 N–H and O–H groups in total. The molecule has 4 heteroatoms. The van der Waals surface area contributed by atoms with Gasteiger partial charge in [0.1, 0.15) is 0 Å². The van der Waals surface area contributed by atoms with Crippen LogP contribution in [0.15, 0.2) is 58.3 Å². The predicted molar refractivity (Wildman–Crippen MR) is 63.1 cm³/mol. The van der Waals surface area contributed by atoms with E-state index in [9.17, 15) is 0 Å². The summed E-state index contributed by atoms with van der Waals surface area (Å²) >= 11 is 10.1. The molecule has 0 saturated carbocycles. The summed E-state index contributed by atoms with van der Waals surface area (Å²) in [4.78, 5) is 1.74. The molecule has 0 heterocycles. The summed E-state index contributed by atoms with van der Waals surface area (Å²) in [6, 6.07) is 15.9. The number of rotatable bonds is 1. The van der Waals surface area contributed by atoms with Gasteiger partial charge >= 0.3 is 103 Å². The minimum Gasteiger partial charge on any atom is -0.780 e. The molecule has 0 atom stereocenters. The fourth-order valence-corrected chi connectivity index (χ4v) is 1.57. The van der Waals surface area contributed by atoms with E-state index in [1.807, 2.05) is 48.5 Å². The van der Waals surface area contributed by atoms with Gasteiger partial charge in [-0.25, -0.2) is 0 Å². The Labute approximate surface area is 193 Å². The summed E-state index contributed by atoms with van der Waals surface area (Å²) in [5, 5.41) is 0. The zero-order valence-corrected chi connectivity index (χ0v) is 17.3. The largest absolute Gasteiger partial charge is 1.00 e. The topological polar surface area (TPSA) is 0 Å². The Kier molecular flexibility index (Phi) is 10.3. The fraction of sp³-hybridized carbons (Fsp3) is 0. The van der Waals surface area contributed by atoms with Crippen molar-refractivity contribution in [3.63, 3.8) is 0 Å². The molecule has 2 aromatic rings. The molecule has 16 heavy (non-hydrogen) atoms. The van der Waals surface area contributed by atoms with Crippen LogP contribution in [0.25, 0.3) is 11.1 Å². The van der Waals surface area contributed by atoms with Crippen LogP contribution in [0.1, 0.15) is 0 Å². The number of benzene rings is 2. The van der Waals surface area contributed by atoms with Gasteiger partial charge in [-0.05, 0) is 11.1 Å². The van der Waals surface area contributed by atoms with Crippen LogP contribution >= 0.6 is 0 Å². The maximum atomic E-state index is 5.03. The SMILES string of the molecule is [K+].[K+].[S-]c1ccc(-c2ccc([S-])cc2)cc1. The van der Waals surface area contributed by atoms with Crippen LogP contribution in [-0.2, 0) is 25.3 Å². The van der Waals surface area contributed by atoms with Gasteiger partial charge in [0.15, 0.2) is 0 Å². The molecule has 0 amide bonds. The van der Waals surface area contributed by atoms with Gasteiger partial charge in [0, 0.05) is 0 Å². The molecule has 0 aromatic heterocycles. The van der Waals surface area contributed by atoms with Gasteiger partial charge in [-0.15, -0.1) is 0 Å². The third-order valence-electron chi connectivity index (χ3n) is 2.04. The Hall–Kier alpha value is 2.15. The van der Waals surface area contributed by atoms with E-state index in [-0.39, 0.29) is 103 Å². The van der Waals surface area contributed by atoms with E-state index in [2.05, 4.69) is 0 Å². The molecule has 0 bridgehead atoms. The molecule has 0 spiro atoms. The van der Waals surface area contributed by atoms with Crippen molar-refractivity contribution in [2.24, 2.45) is 0 Å². The van der Waals surface area contributed by atoms with Crippen molar-refractivity contribution in [3.05, 3.63) is 48.5 Å². The van der Waals surface area contributed by atoms with Crippen molar-refractivity contribution < 1.29 is 103 Å². The smallest absolute Gasteiger partial charge is 0.780 e. The van der Waals surface area contributed by atoms with Gasteiger partial charge in [0.2, 0.25) is 0 Å². The molecule has 0 aliphatic rings. The standard InChI is InChI=1S/C12H10S2.2K/c13-11-5-1-9(2-6-11)10-3-7-12(14)8-4-10;;/h1-8,13-14H;;/q;2*+1/p-2. The van der Waals surface area contributed by atoms with Gasteiger partial charge in [-0.3, -0.25) is 0 Å². The average molecular weight is 295 g/mol. The second kappa shape index (κ2) is 9.12. The monoisotopic (exact) mass is 294 g/mol. The predicted octanol–water partition coefficient (Wildman–Crippen LogP) is -2.83. The van der Waals surface area contributed by atoms with E-state index >= 15 is 0 Å². The number of hydrogen-bond acceptors (Lipinski definition) is 2. The Balaban J connectivity index is 0.00000112. The molecule has 2 aromatic carbocycles. The molecule has 0 aliphatic heterocycles. The van der Waals surface area contributed by atoms with Gasteiger partial charge in [0.05, 0.1) is 0 Å². The Bertz CT molecular complexity index is 380. The molecular formula is C12H8K2S2. The first-order valence-electron chi connectivity index (χ1n) is 4.30. The third kappa shape index (κ3) is 5.42. The van der Waals surface area contributed by atoms with Crippen molar-refractivity contribution >= 4 is 25.3 Å². The molecule has 2 rings (SSSR count). The van der Waals surface area contributed by atoms with Crippen LogP contribution in [0.5, 0.6) is 0 Å². The summed E-state index contributed by atoms with van der Waals surface area (Å²) in [5.41, 5.74) is 2.35. The van der Waals surface area contributed by atoms with E-state index < -0.39 is 0 Å². The summed E-state index contributed by atoms with van der Waals surface area (Å²) in [6.07, 6.45) is 0. The summed E-state index contributed by atoms with van der Waals surface area (Å²) < 4.78 is 0. The summed E-state index contributed by atoms with van der Waals surface area (Å²) in [6.45, 7) is 0. The third-order valence-corrected chi connectivity index (χ3v) is 2.59. The molecule has 70 valence electrons. The van der Waals surface area contributed by atoms with Crippen molar-refractivity contribution in [1.29, 1.82) is 0 Å². The molecule has 0 aliphatic carbocycles. The van der Waals surface area contributed by atoms with E-state index in [0.717, 1.165) is 9.79 Å². The molecule has 0 nitrogen and oxygen atoms in total. The zero-order chi connectivity index (χ0) is 9.97. The van der Waals surface area contributed by atoms with Crippen molar-refractivity contribution in [3.8, 4) is 11.1 Å². The summed E-state index contributed by atoms with van der Waals surface area (Å²) in [5.74, 6) is 0. The van der Waals surface area contributed by atoms with Gasteiger partial charge < -0.3 is 25.3 Å². The van der Waals surface area contributed by atoms with Crippen molar-refractivity contribution in [1.82, 2.24) is 0 Å². The first-order valence-corrected chi connectivity index (χ1v) is 5.12. The molecule has 0 unspecified atom stereocenters. The quantitative estimate of drug-likeness (QED) is 0.411. The van der Waals surface area contributed by atoms with Gasteiger partial charge in [0.25, 0.3) is 0 Å². The maximum absolute atomic E-state index is 5.03. The van der Waals surface area contributed by atoms with Crippen LogP contribution in [0.2, 0.25) is 0 Å². The Morgan fingerprint density at radius 2 is 0.750 bits per heavy atom. The van der Waals surface area contributed by atoms with E-state index in [0.29, 0.717) is 0 Å². The normalized spacial score (nSPS) is 8.75. The Morgan fingerprint density at radius 1 is 0.500 bits per heavy atom. The molecule has 0 fully saturated rings. The van der Waals surface area contributed by atoms with Crippen LogP contribution < -0.4 is 103 Å². The first-order chi connectivity index (χ1) is 6.75. The van der Waals surface area contributed by atoms with Crippen molar-refractivity contribution in [2.45, 2.75) is 9.79 Å². The molecular weight excluding hydrogens is 286 g/mol. The van der Waals surface area contributed by atoms with Crippen LogP contribution in [0.3, 0.4) is 0 Å². The second-order valence-corrected chi connectivity index (χ2v) is 3.99. The van der Waals surface area contributed by atoms with Crippen LogP contribution in [-0.4, -0.2) is 0 Å². The first kappa shape index (κ1) is 18.2. The fourth-order valence-electron chi connectivity index (χ4n) is 1.29. The maximum Gasteiger partial charge on any atom is 1.00 e. The van der Waals surface area contributed by atoms with E-state index in [1.165, 1.54) is 11.1 Å². The summed E-state index contributed by atoms with van der Waals surface area (Å²) in [7, 11) is 0. The van der Waals surface area contributed by atoms with Crippen LogP contribution in [0, 0.1) is 0 Å². The molecule has 0 saturated heterocycles. The van der Waals surface area contributed by atoms with E-state index in [4.69, 9.17) is 25.3 Å². The second-order valence-electron chi connectivity index (χ2n) is 3.05. The van der Waals surface area contributed by atoms with Gasteiger partial charge in [-0.1, -0.05) is 48.5 Å².